The molecule has 24 heavy (non-hydrogen) atoms. The molecule has 122 valence electrons. The molecule has 6 nitrogen and oxygen atoms in total. The van der Waals surface area contributed by atoms with E-state index in [-0.39, 0.29) is 10.9 Å². The average molecular weight is 340 g/mol. The summed E-state index contributed by atoms with van der Waals surface area (Å²) in [6, 6.07) is 10.4. The monoisotopic (exact) mass is 340 g/mol. The first kappa shape index (κ1) is 16.2. The first-order valence-corrected chi connectivity index (χ1v) is 8.82. The number of aromatic nitrogens is 3. The van der Waals surface area contributed by atoms with E-state index in [1.165, 1.54) is 24.8 Å². The Morgan fingerprint density at radius 1 is 0.917 bits per heavy atom. The van der Waals surface area contributed by atoms with E-state index in [0.29, 0.717) is 0 Å². The van der Waals surface area contributed by atoms with Crippen LogP contribution < -0.4 is 4.72 Å². The van der Waals surface area contributed by atoms with E-state index in [1.54, 1.807) is 25.4 Å². The summed E-state index contributed by atoms with van der Waals surface area (Å²) >= 11 is 0. The van der Waals surface area contributed by atoms with Gasteiger partial charge in [-0.25, -0.2) is 23.1 Å². The SMILES string of the molecule is C[C@H](NS(=O)(=O)c1cccnc1)c1ccc(-c2cncnc2)cc1. The van der Waals surface area contributed by atoms with Crippen molar-refractivity contribution in [1.82, 2.24) is 19.7 Å². The zero-order chi connectivity index (χ0) is 17.0. The van der Waals surface area contributed by atoms with Crippen molar-refractivity contribution in [3.8, 4) is 11.1 Å². The maximum Gasteiger partial charge on any atom is 0.242 e. The van der Waals surface area contributed by atoms with E-state index in [2.05, 4.69) is 19.7 Å². The van der Waals surface area contributed by atoms with Gasteiger partial charge in [0.25, 0.3) is 0 Å². The fraction of sp³-hybridized carbons (Fsp3) is 0.118. The highest BCUT2D eigenvalue weighted by Crippen LogP contribution is 2.21. The Balaban J connectivity index is 1.77. The highest BCUT2D eigenvalue weighted by Gasteiger charge is 2.18. The summed E-state index contributed by atoms with van der Waals surface area (Å²) in [6.07, 6.45) is 7.81. The molecule has 2 heterocycles. The Morgan fingerprint density at radius 2 is 1.62 bits per heavy atom. The van der Waals surface area contributed by atoms with Crippen LogP contribution in [0.4, 0.5) is 0 Å². The second-order valence-corrected chi connectivity index (χ2v) is 6.99. The number of benzene rings is 1. The molecule has 0 fully saturated rings. The van der Waals surface area contributed by atoms with Crippen LogP contribution >= 0.6 is 0 Å². The molecule has 0 amide bonds. The minimum absolute atomic E-state index is 0.148. The van der Waals surface area contributed by atoms with E-state index in [1.807, 2.05) is 24.3 Å². The van der Waals surface area contributed by atoms with E-state index in [4.69, 9.17) is 0 Å². The van der Waals surface area contributed by atoms with E-state index in [0.717, 1.165) is 16.7 Å². The summed E-state index contributed by atoms with van der Waals surface area (Å²) in [5.74, 6) is 0. The van der Waals surface area contributed by atoms with Crippen molar-refractivity contribution in [2.75, 3.05) is 0 Å². The largest absolute Gasteiger partial charge is 0.263 e. The van der Waals surface area contributed by atoms with Gasteiger partial charge >= 0.3 is 0 Å². The highest BCUT2D eigenvalue weighted by molar-refractivity contribution is 7.89. The van der Waals surface area contributed by atoms with Crippen molar-refractivity contribution in [1.29, 1.82) is 0 Å². The number of nitrogens with zero attached hydrogens (tertiary/aromatic N) is 3. The smallest absolute Gasteiger partial charge is 0.242 e. The molecule has 0 spiro atoms. The third kappa shape index (κ3) is 3.64. The van der Waals surface area contributed by atoms with Crippen LogP contribution in [-0.2, 0) is 10.0 Å². The molecule has 0 saturated carbocycles. The number of rotatable bonds is 5. The molecule has 1 atom stereocenters. The second-order valence-electron chi connectivity index (χ2n) is 5.28. The first-order chi connectivity index (χ1) is 11.6. The van der Waals surface area contributed by atoms with Crippen LogP contribution in [0.5, 0.6) is 0 Å². The molecule has 0 aliphatic carbocycles. The number of sulfonamides is 1. The zero-order valence-corrected chi connectivity index (χ0v) is 13.8. The van der Waals surface area contributed by atoms with Crippen LogP contribution in [-0.4, -0.2) is 23.4 Å². The Kier molecular flexibility index (Phi) is 4.64. The minimum Gasteiger partial charge on any atom is -0.263 e. The summed E-state index contributed by atoms with van der Waals surface area (Å²) in [7, 11) is -3.60. The van der Waals surface area contributed by atoms with Crippen molar-refractivity contribution in [2.45, 2.75) is 17.9 Å². The van der Waals surface area contributed by atoms with Gasteiger partial charge in [-0.05, 0) is 30.2 Å². The predicted octanol–water partition coefficient (Wildman–Crippen LogP) is 2.58. The van der Waals surface area contributed by atoms with Gasteiger partial charge in [0, 0.05) is 36.4 Å². The lowest BCUT2D eigenvalue weighted by Gasteiger charge is -2.15. The Hall–Kier alpha value is -2.64. The van der Waals surface area contributed by atoms with Gasteiger partial charge in [0.2, 0.25) is 10.0 Å². The van der Waals surface area contributed by atoms with Crippen molar-refractivity contribution < 1.29 is 8.42 Å². The molecule has 0 radical (unpaired) electrons. The fourth-order valence-corrected chi connectivity index (χ4v) is 3.48. The predicted molar refractivity (Wildman–Crippen MR) is 90.4 cm³/mol. The van der Waals surface area contributed by atoms with E-state index >= 15 is 0 Å². The van der Waals surface area contributed by atoms with E-state index < -0.39 is 10.0 Å². The van der Waals surface area contributed by atoms with Crippen molar-refractivity contribution in [3.63, 3.8) is 0 Å². The maximum atomic E-state index is 12.3. The third-order valence-corrected chi connectivity index (χ3v) is 5.11. The molecule has 0 aliphatic rings. The average Bonchev–Trinajstić information content (AvgIpc) is 2.63. The molecule has 3 rings (SSSR count). The summed E-state index contributed by atoms with van der Waals surface area (Å²) in [5, 5.41) is 0. The van der Waals surface area contributed by atoms with Crippen LogP contribution in [0.3, 0.4) is 0 Å². The van der Waals surface area contributed by atoms with Crippen LogP contribution in [0.25, 0.3) is 11.1 Å². The summed E-state index contributed by atoms with van der Waals surface area (Å²) in [4.78, 5) is 12.0. The molecular formula is C17H16N4O2S. The topological polar surface area (TPSA) is 84.8 Å². The van der Waals surface area contributed by atoms with Crippen LogP contribution in [0, 0.1) is 0 Å². The maximum absolute atomic E-state index is 12.3. The first-order valence-electron chi connectivity index (χ1n) is 7.34. The van der Waals surface area contributed by atoms with E-state index in [9.17, 15) is 8.42 Å². The van der Waals surface area contributed by atoms with Gasteiger partial charge in [-0.3, -0.25) is 4.98 Å². The zero-order valence-electron chi connectivity index (χ0n) is 13.0. The number of hydrogen-bond acceptors (Lipinski definition) is 5. The lowest BCUT2D eigenvalue weighted by Crippen LogP contribution is -2.26. The molecule has 3 aromatic rings. The second kappa shape index (κ2) is 6.86. The summed E-state index contributed by atoms with van der Waals surface area (Å²) in [5.41, 5.74) is 2.75. The highest BCUT2D eigenvalue weighted by atomic mass is 32.2. The minimum atomic E-state index is -3.60. The van der Waals surface area contributed by atoms with Gasteiger partial charge in [-0.2, -0.15) is 0 Å². The number of nitrogens with one attached hydrogen (secondary N) is 1. The van der Waals surface area contributed by atoms with Gasteiger partial charge in [0.15, 0.2) is 0 Å². The summed E-state index contributed by atoms with van der Waals surface area (Å²) < 4.78 is 27.3. The van der Waals surface area contributed by atoms with Crippen molar-refractivity contribution >= 4 is 10.0 Å². The van der Waals surface area contributed by atoms with Crippen molar-refractivity contribution in [2.24, 2.45) is 0 Å². The Labute approximate surface area is 140 Å². The van der Waals surface area contributed by atoms with Crippen LogP contribution in [0.2, 0.25) is 0 Å². The third-order valence-electron chi connectivity index (χ3n) is 3.58. The molecule has 1 N–H and O–H groups in total. The summed E-state index contributed by atoms with van der Waals surface area (Å²) in [6.45, 7) is 1.80. The fourth-order valence-electron chi connectivity index (χ4n) is 2.29. The van der Waals surface area contributed by atoms with Gasteiger partial charge < -0.3 is 0 Å². The molecule has 0 bridgehead atoms. The molecule has 1 aromatic carbocycles. The standard InChI is InChI=1S/C17H16N4O2S/c1-13(21-24(22,23)17-3-2-8-18-11-17)14-4-6-15(7-5-14)16-9-19-12-20-10-16/h2-13,21H,1H3/t13-/m0/s1. The molecule has 0 unspecified atom stereocenters. The number of hydrogen-bond donors (Lipinski definition) is 1. The lowest BCUT2D eigenvalue weighted by molar-refractivity contribution is 0.566. The lowest BCUT2D eigenvalue weighted by atomic mass is 10.0. The Morgan fingerprint density at radius 3 is 2.25 bits per heavy atom. The molecular weight excluding hydrogens is 324 g/mol. The van der Waals surface area contributed by atoms with Gasteiger partial charge in [-0.1, -0.05) is 24.3 Å². The van der Waals surface area contributed by atoms with Gasteiger partial charge in [0.05, 0.1) is 0 Å². The molecule has 2 aromatic heterocycles. The quantitative estimate of drug-likeness (QED) is 0.771. The van der Waals surface area contributed by atoms with Crippen LogP contribution in [0.1, 0.15) is 18.5 Å². The molecule has 0 saturated heterocycles. The van der Waals surface area contributed by atoms with Crippen molar-refractivity contribution in [3.05, 3.63) is 73.1 Å². The van der Waals surface area contributed by atoms with Gasteiger partial charge in [0.1, 0.15) is 11.2 Å². The number of pyridine rings is 1. The Bertz CT molecular complexity index is 898. The normalized spacial score (nSPS) is 12.7. The molecule has 0 aliphatic heterocycles. The van der Waals surface area contributed by atoms with Gasteiger partial charge in [-0.15, -0.1) is 0 Å². The molecule has 7 heteroatoms. The van der Waals surface area contributed by atoms with Crippen LogP contribution in [0.15, 0.2) is 72.4 Å².